The van der Waals surface area contributed by atoms with Crippen molar-refractivity contribution in [2.45, 2.75) is 82.9 Å². The number of nitrogens with one attached hydrogen (secondary N) is 1. The molecular formula is C16H30N2O2. The molecule has 2 rings (SSSR count). The minimum Gasteiger partial charge on any atom is -0.393 e. The lowest BCUT2D eigenvalue weighted by Gasteiger charge is -2.30. The van der Waals surface area contributed by atoms with Gasteiger partial charge in [0.05, 0.1) is 6.10 Å². The molecule has 0 spiro atoms. The van der Waals surface area contributed by atoms with E-state index in [0.717, 1.165) is 51.6 Å². The highest BCUT2D eigenvalue weighted by Gasteiger charge is 2.23. The normalized spacial score (nSPS) is 29.8. The summed E-state index contributed by atoms with van der Waals surface area (Å²) in [6, 6.07) is 0.719. The lowest BCUT2D eigenvalue weighted by Crippen LogP contribution is -2.43. The van der Waals surface area contributed by atoms with Crippen LogP contribution in [0, 0.1) is 0 Å². The zero-order valence-corrected chi connectivity index (χ0v) is 12.8. The first-order valence-electron chi connectivity index (χ1n) is 8.37. The summed E-state index contributed by atoms with van der Waals surface area (Å²) in [5.74, 6) is 0.308. The predicted molar refractivity (Wildman–Crippen MR) is 80.5 cm³/mol. The van der Waals surface area contributed by atoms with E-state index in [1.54, 1.807) is 0 Å². The molecule has 0 bridgehead atoms. The van der Waals surface area contributed by atoms with Crippen molar-refractivity contribution >= 4 is 5.91 Å². The molecule has 0 radical (unpaired) electrons. The standard InChI is InChI=1S/C16H30N2O2/c1-13(17-14-6-8-15(19)9-7-14)12-16(20)18-10-4-2-3-5-11-18/h13-15,17,19H,2-12H2,1H3/t13-,14?,15?/m1/s1. The molecule has 1 heterocycles. The van der Waals surface area contributed by atoms with Gasteiger partial charge in [-0.1, -0.05) is 12.8 Å². The Morgan fingerprint density at radius 3 is 2.35 bits per heavy atom. The van der Waals surface area contributed by atoms with E-state index < -0.39 is 0 Å². The van der Waals surface area contributed by atoms with Gasteiger partial charge in [0.1, 0.15) is 0 Å². The molecular weight excluding hydrogens is 252 g/mol. The van der Waals surface area contributed by atoms with E-state index in [1.807, 2.05) is 0 Å². The van der Waals surface area contributed by atoms with Crippen LogP contribution in [-0.4, -0.2) is 47.2 Å². The summed E-state index contributed by atoms with van der Waals surface area (Å²) in [5.41, 5.74) is 0. The monoisotopic (exact) mass is 282 g/mol. The van der Waals surface area contributed by atoms with Crippen LogP contribution in [0.25, 0.3) is 0 Å². The minimum atomic E-state index is -0.109. The lowest BCUT2D eigenvalue weighted by atomic mass is 9.92. The number of carbonyl (C=O) groups excluding carboxylic acids is 1. The minimum absolute atomic E-state index is 0.109. The van der Waals surface area contributed by atoms with Crippen LogP contribution in [0.2, 0.25) is 0 Å². The fraction of sp³-hybridized carbons (Fsp3) is 0.938. The van der Waals surface area contributed by atoms with Gasteiger partial charge in [0, 0.05) is 31.6 Å². The van der Waals surface area contributed by atoms with E-state index in [1.165, 1.54) is 12.8 Å². The van der Waals surface area contributed by atoms with Crippen LogP contribution in [0.1, 0.15) is 64.7 Å². The highest BCUT2D eigenvalue weighted by molar-refractivity contribution is 5.76. The Kier molecular flexibility index (Phi) is 6.30. The average Bonchev–Trinajstić information content (AvgIpc) is 2.70. The number of hydrogen-bond acceptors (Lipinski definition) is 3. The van der Waals surface area contributed by atoms with E-state index in [0.29, 0.717) is 18.4 Å². The molecule has 0 aromatic carbocycles. The summed E-state index contributed by atoms with van der Waals surface area (Å²) in [4.78, 5) is 14.4. The van der Waals surface area contributed by atoms with Gasteiger partial charge in [0.25, 0.3) is 0 Å². The molecule has 116 valence electrons. The van der Waals surface area contributed by atoms with Crippen LogP contribution >= 0.6 is 0 Å². The maximum absolute atomic E-state index is 12.3. The number of nitrogens with zero attached hydrogens (tertiary/aromatic N) is 1. The first-order chi connectivity index (χ1) is 9.65. The molecule has 4 heteroatoms. The van der Waals surface area contributed by atoms with Crippen LogP contribution in [0.3, 0.4) is 0 Å². The molecule has 0 aromatic heterocycles. The van der Waals surface area contributed by atoms with Crippen molar-refractivity contribution in [1.29, 1.82) is 0 Å². The van der Waals surface area contributed by atoms with Crippen LogP contribution in [0.5, 0.6) is 0 Å². The highest BCUT2D eigenvalue weighted by atomic mass is 16.3. The third-order valence-corrected chi connectivity index (χ3v) is 4.66. The first kappa shape index (κ1) is 15.8. The second-order valence-corrected chi connectivity index (χ2v) is 6.57. The van der Waals surface area contributed by atoms with Gasteiger partial charge in [0.2, 0.25) is 5.91 Å². The Morgan fingerprint density at radius 1 is 1.15 bits per heavy atom. The number of aliphatic hydroxyl groups excluding tert-OH is 1. The number of likely N-dealkylation sites (tertiary alicyclic amines) is 1. The van der Waals surface area contributed by atoms with Gasteiger partial charge < -0.3 is 15.3 Å². The third-order valence-electron chi connectivity index (χ3n) is 4.66. The van der Waals surface area contributed by atoms with Crippen LogP contribution in [0.15, 0.2) is 0 Å². The third kappa shape index (κ3) is 5.06. The number of rotatable bonds is 4. The van der Waals surface area contributed by atoms with Crippen molar-refractivity contribution in [3.63, 3.8) is 0 Å². The molecule has 1 aliphatic carbocycles. The lowest BCUT2D eigenvalue weighted by molar-refractivity contribution is -0.131. The largest absolute Gasteiger partial charge is 0.393 e. The topological polar surface area (TPSA) is 52.6 Å². The summed E-state index contributed by atoms with van der Waals surface area (Å²) in [7, 11) is 0. The maximum atomic E-state index is 12.3. The van der Waals surface area contributed by atoms with E-state index >= 15 is 0 Å². The van der Waals surface area contributed by atoms with Crippen molar-refractivity contribution in [1.82, 2.24) is 10.2 Å². The highest BCUT2D eigenvalue weighted by Crippen LogP contribution is 2.19. The van der Waals surface area contributed by atoms with Crippen LogP contribution in [-0.2, 0) is 4.79 Å². The van der Waals surface area contributed by atoms with Gasteiger partial charge in [0.15, 0.2) is 0 Å². The van der Waals surface area contributed by atoms with Gasteiger partial charge in [-0.3, -0.25) is 4.79 Å². The van der Waals surface area contributed by atoms with E-state index in [2.05, 4.69) is 17.1 Å². The smallest absolute Gasteiger partial charge is 0.224 e. The van der Waals surface area contributed by atoms with Crippen molar-refractivity contribution in [3.05, 3.63) is 0 Å². The van der Waals surface area contributed by atoms with E-state index in [4.69, 9.17) is 0 Å². The van der Waals surface area contributed by atoms with Crippen molar-refractivity contribution < 1.29 is 9.90 Å². The van der Waals surface area contributed by atoms with Crippen molar-refractivity contribution in [2.24, 2.45) is 0 Å². The Labute approximate surface area is 122 Å². The predicted octanol–water partition coefficient (Wildman–Crippen LogP) is 2.06. The van der Waals surface area contributed by atoms with Gasteiger partial charge in [-0.15, -0.1) is 0 Å². The Hall–Kier alpha value is -0.610. The molecule has 1 aliphatic heterocycles. The van der Waals surface area contributed by atoms with Crippen molar-refractivity contribution in [3.8, 4) is 0 Å². The fourth-order valence-corrected chi connectivity index (χ4v) is 3.41. The Bertz CT molecular complexity index is 293. The molecule has 0 aromatic rings. The van der Waals surface area contributed by atoms with Crippen LogP contribution in [0.4, 0.5) is 0 Å². The second-order valence-electron chi connectivity index (χ2n) is 6.57. The molecule has 2 N–H and O–H groups in total. The molecule has 4 nitrogen and oxygen atoms in total. The fourth-order valence-electron chi connectivity index (χ4n) is 3.41. The van der Waals surface area contributed by atoms with E-state index in [-0.39, 0.29) is 12.1 Å². The quantitative estimate of drug-likeness (QED) is 0.830. The number of amides is 1. The first-order valence-corrected chi connectivity index (χ1v) is 8.37. The van der Waals surface area contributed by atoms with Gasteiger partial charge in [-0.05, 0) is 45.4 Å². The molecule has 2 aliphatic rings. The number of aliphatic hydroxyl groups is 1. The summed E-state index contributed by atoms with van der Waals surface area (Å²) in [6.45, 7) is 4.00. The second kappa shape index (κ2) is 7.99. The Balaban J connectivity index is 1.70. The van der Waals surface area contributed by atoms with Crippen LogP contribution < -0.4 is 5.32 Å². The zero-order valence-electron chi connectivity index (χ0n) is 12.8. The van der Waals surface area contributed by atoms with Gasteiger partial charge in [-0.25, -0.2) is 0 Å². The van der Waals surface area contributed by atoms with E-state index in [9.17, 15) is 9.90 Å². The molecule has 20 heavy (non-hydrogen) atoms. The summed E-state index contributed by atoms with van der Waals surface area (Å²) in [6.07, 6.45) is 9.20. The molecule has 2 fully saturated rings. The zero-order chi connectivity index (χ0) is 14.4. The Morgan fingerprint density at radius 2 is 1.75 bits per heavy atom. The van der Waals surface area contributed by atoms with Gasteiger partial charge >= 0.3 is 0 Å². The summed E-state index contributed by atoms with van der Waals surface area (Å²) >= 11 is 0. The maximum Gasteiger partial charge on any atom is 0.224 e. The molecule has 1 amide bonds. The summed E-state index contributed by atoms with van der Waals surface area (Å²) < 4.78 is 0. The number of carbonyl (C=O) groups is 1. The molecule has 1 saturated carbocycles. The molecule has 1 saturated heterocycles. The summed E-state index contributed by atoms with van der Waals surface area (Å²) in [5, 5.41) is 13.1. The van der Waals surface area contributed by atoms with Crippen molar-refractivity contribution in [2.75, 3.05) is 13.1 Å². The number of hydrogen-bond donors (Lipinski definition) is 2. The SMILES string of the molecule is C[C@H](CC(=O)N1CCCCCC1)NC1CCC(O)CC1. The molecule has 1 atom stereocenters. The molecule has 0 unspecified atom stereocenters. The average molecular weight is 282 g/mol. The van der Waals surface area contributed by atoms with Gasteiger partial charge in [-0.2, -0.15) is 0 Å².